The number of amidine groups is 1. The van der Waals surface area contributed by atoms with Gasteiger partial charge < -0.3 is 14.7 Å². The molecule has 150 valence electrons. The third-order valence-electron chi connectivity index (χ3n) is 5.16. The minimum Gasteiger partial charge on any atom is -0.870 e. The van der Waals surface area contributed by atoms with E-state index in [0.29, 0.717) is 4.91 Å². The highest BCUT2D eigenvalue weighted by Crippen LogP contribution is 2.32. The number of nitrogens with one attached hydrogen (secondary N) is 1. The van der Waals surface area contributed by atoms with E-state index < -0.39 is 0 Å². The van der Waals surface area contributed by atoms with E-state index in [1.54, 1.807) is 18.2 Å². The Bertz CT molecular complexity index is 995. The minimum absolute atomic E-state index is 0.175. The quantitative estimate of drug-likeness (QED) is 0.780. The van der Waals surface area contributed by atoms with Gasteiger partial charge in [0.2, 0.25) is 0 Å². The number of aliphatic imine (C=N–C) groups is 1. The van der Waals surface area contributed by atoms with Crippen LogP contribution in [-0.4, -0.2) is 49.3 Å². The van der Waals surface area contributed by atoms with Crippen LogP contribution >= 0.6 is 11.8 Å². The molecule has 1 amide bonds. The number of benzene rings is 2. The van der Waals surface area contributed by atoms with E-state index in [2.05, 4.69) is 41.1 Å². The molecule has 1 saturated heterocycles. The molecule has 0 unspecified atom stereocenters. The third-order valence-corrected chi connectivity index (χ3v) is 6.20. The van der Waals surface area contributed by atoms with Crippen LogP contribution in [0.3, 0.4) is 0 Å². The molecule has 2 aromatic rings. The maximum atomic E-state index is 12.4. The number of piperazine rings is 1. The first-order valence-corrected chi connectivity index (χ1v) is 10.4. The Labute approximate surface area is 174 Å². The molecule has 0 saturated carbocycles. The summed E-state index contributed by atoms with van der Waals surface area (Å²) in [5.41, 5.74) is 3.34. The fraction of sp³-hybridized carbons (Fsp3) is 0.273. The number of methoxy groups -OCH3 is 1. The van der Waals surface area contributed by atoms with E-state index in [-0.39, 0.29) is 17.4 Å². The van der Waals surface area contributed by atoms with Gasteiger partial charge in [0.25, 0.3) is 5.91 Å². The summed E-state index contributed by atoms with van der Waals surface area (Å²) in [6, 6.07) is 13.4. The highest BCUT2D eigenvalue weighted by atomic mass is 32.2. The standard InChI is InChI=1S/C22H23N3O3S/c1-15-4-3-5-17(12-15)24-8-10-25(11-9-24)22-23-21(27)20(29-22)14-16-6-7-18(26)19(13-16)28-2/h3-7,12-14,26H,8-11H2,1-2H3/b20-14-. The molecule has 1 N–H and O–H groups in total. The lowest BCUT2D eigenvalue weighted by atomic mass is 10.2. The summed E-state index contributed by atoms with van der Waals surface area (Å²) >= 11 is 1.40. The molecular formula is C22H23N3O3S. The zero-order valence-corrected chi connectivity index (χ0v) is 17.3. The van der Waals surface area contributed by atoms with Crippen molar-refractivity contribution in [3.05, 3.63) is 58.5 Å². The Morgan fingerprint density at radius 1 is 1.21 bits per heavy atom. The van der Waals surface area contributed by atoms with E-state index in [1.165, 1.54) is 41.1 Å². The summed E-state index contributed by atoms with van der Waals surface area (Å²) in [6.45, 7) is 5.77. The van der Waals surface area contributed by atoms with Crippen LogP contribution in [0.1, 0.15) is 11.1 Å². The maximum Gasteiger partial charge on any atom is 0.286 e. The van der Waals surface area contributed by atoms with Crippen molar-refractivity contribution in [3.8, 4) is 11.5 Å². The van der Waals surface area contributed by atoms with Crippen molar-refractivity contribution < 1.29 is 19.5 Å². The van der Waals surface area contributed by atoms with E-state index in [9.17, 15) is 9.90 Å². The fourth-order valence-electron chi connectivity index (χ4n) is 3.58. The number of aryl methyl sites for hydroxylation is 1. The van der Waals surface area contributed by atoms with Gasteiger partial charge in [0.05, 0.1) is 38.2 Å². The molecule has 0 aromatic heterocycles. The lowest BCUT2D eigenvalue weighted by Gasteiger charge is -2.32. The van der Waals surface area contributed by atoms with Crippen LogP contribution in [0.25, 0.3) is 6.08 Å². The largest absolute Gasteiger partial charge is 0.870 e. The second-order valence-corrected chi connectivity index (χ2v) is 8.19. The Morgan fingerprint density at radius 2 is 2.00 bits per heavy atom. The second-order valence-electron chi connectivity index (χ2n) is 7.18. The van der Waals surface area contributed by atoms with Crippen LogP contribution in [0.2, 0.25) is 0 Å². The first-order valence-electron chi connectivity index (χ1n) is 9.58. The van der Waals surface area contributed by atoms with Crippen LogP contribution in [0, 0.1) is 6.92 Å². The second kappa shape index (κ2) is 8.31. The van der Waals surface area contributed by atoms with Crippen molar-refractivity contribution in [2.75, 3.05) is 33.3 Å². The molecule has 0 atom stereocenters. The topological polar surface area (TPSA) is 69.4 Å². The summed E-state index contributed by atoms with van der Waals surface area (Å²) in [4.78, 5) is 20.8. The van der Waals surface area contributed by atoms with Crippen LogP contribution in [-0.2, 0) is 4.79 Å². The molecule has 2 aliphatic rings. The molecule has 0 bridgehead atoms. The number of rotatable bonds is 3. The highest BCUT2D eigenvalue weighted by molar-refractivity contribution is 8.18. The molecule has 7 heteroatoms. The minimum atomic E-state index is -0.233. The van der Waals surface area contributed by atoms with Gasteiger partial charge in [-0.05, 0) is 48.0 Å². The average molecular weight is 410 g/mol. The molecule has 29 heavy (non-hydrogen) atoms. The van der Waals surface area contributed by atoms with Gasteiger partial charge in [-0.2, -0.15) is 4.99 Å². The zero-order chi connectivity index (χ0) is 20.4. The normalized spacial score (nSPS) is 19.0. The first kappa shape index (κ1) is 19.5. The molecular weight excluding hydrogens is 386 g/mol. The smallest absolute Gasteiger partial charge is 0.286 e. The van der Waals surface area contributed by atoms with Gasteiger partial charge in [-0.1, -0.05) is 30.0 Å². The molecule has 4 rings (SSSR count). The van der Waals surface area contributed by atoms with Crippen LogP contribution in [0.5, 0.6) is 11.5 Å². The number of ether oxygens (including phenoxy) is 1. The molecule has 0 radical (unpaired) electrons. The summed E-state index contributed by atoms with van der Waals surface area (Å²) in [5, 5.41) is 12.4. The van der Waals surface area contributed by atoms with E-state index in [4.69, 9.17) is 4.74 Å². The molecule has 0 spiro atoms. The van der Waals surface area contributed by atoms with Crippen LogP contribution < -0.4 is 14.7 Å². The summed E-state index contributed by atoms with van der Waals surface area (Å²) < 4.78 is 5.07. The van der Waals surface area contributed by atoms with Crippen molar-refractivity contribution in [1.82, 2.24) is 4.90 Å². The van der Waals surface area contributed by atoms with Gasteiger partial charge >= 0.3 is 0 Å². The predicted octanol–water partition coefficient (Wildman–Crippen LogP) is 1.58. The Kier molecular flexibility index (Phi) is 5.60. The van der Waals surface area contributed by atoms with Gasteiger partial charge in [-0.15, -0.1) is 0 Å². The zero-order valence-electron chi connectivity index (χ0n) is 16.5. The number of nitrogens with zero attached hydrogens (tertiary/aromatic N) is 2. The lowest BCUT2D eigenvalue weighted by Crippen LogP contribution is -3.10. The summed E-state index contributed by atoms with van der Waals surface area (Å²) in [7, 11) is 1.46. The van der Waals surface area contributed by atoms with Gasteiger partial charge in [0.1, 0.15) is 11.4 Å². The molecule has 6 nitrogen and oxygen atoms in total. The third kappa shape index (κ3) is 4.31. The number of hydrogen-bond donors (Lipinski definition) is 1. The number of quaternary nitrogens is 1. The number of hydrogen-bond acceptors (Lipinski definition) is 5. The van der Waals surface area contributed by atoms with Crippen molar-refractivity contribution in [2.24, 2.45) is 4.99 Å². The van der Waals surface area contributed by atoms with Gasteiger partial charge in [0, 0.05) is 6.07 Å². The Balaban J connectivity index is 1.41. The van der Waals surface area contributed by atoms with Gasteiger partial charge in [-0.25, -0.2) is 0 Å². The molecule has 2 aliphatic heterocycles. The van der Waals surface area contributed by atoms with Crippen molar-refractivity contribution >= 4 is 34.6 Å². The van der Waals surface area contributed by atoms with Crippen LogP contribution in [0.4, 0.5) is 5.69 Å². The Morgan fingerprint density at radius 3 is 2.72 bits per heavy atom. The van der Waals surface area contributed by atoms with Crippen molar-refractivity contribution in [3.63, 3.8) is 0 Å². The molecule has 1 fully saturated rings. The summed E-state index contributed by atoms with van der Waals surface area (Å²) in [6.07, 6.45) is 1.76. The molecule has 2 aromatic carbocycles. The predicted molar refractivity (Wildman–Crippen MR) is 114 cm³/mol. The first-order chi connectivity index (χ1) is 14.0. The molecule has 0 aliphatic carbocycles. The van der Waals surface area contributed by atoms with E-state index in [0.717, 1.165) is 36.9 Å². The lowest BCUT2D eigenvalue weighted by molar-refractivity contribution is -0.837. The maximum absolute atomic E-state index is 12.4. The monoisotopic (exact) mass is 409 g/mol. The van der Waals surface area contributed by atoms with Gasteiger partial charge in [-0.3, -0.25) is 9.69 Å². The Hall–Kier alpha value is -2.77. The summed E-state index contributed by atoms with van der Waals surface area (Å²) in [5.74, 6) is -0.138. The SMILES string of the molecule is COc1cc(/C=C2\SC(N3CC[NH+](c4cccc(C)c4)CC3)=NC2=O)ccc1[O-]. The number of carbonyl (C=O) groups excluding carboxylic acids is 1. The highest BCUT2D eigenvalue weighted by Gasteiger charge is 2.30. The number of carbonyl (C=O) groups is 1. The van der Waals surface area contributed by atoms with E-state index in [1.807, 2.05) is 0 Å². The molecule has 2 heterocycles. The van der Waals surface area contributed by atoms with Gasteiger partial charge in [0.15, 0.2) is 5.17 Å². The average Bonchev–Trinajstić information content (AvgIpc) is 3.10. The fourth-order valence-corrected chi connectivity index (χ4v) is 4.55. The number of thioether (sulfide) groups is 1. The van der Waals surface area contributed by atoms with E-state index >= 15 is 0 Å². The van der Waals surface area contributed by atoms with Crippen molar-refractivity contribution in [1.29, 1.82) is 0 Å². The number of amides is 1. The van der Waals surface area contributed by atoms with Crippen molar-refractivity contribution in [2.45, 2.75) is 6.92 Å². The van der Waals surface area contributed by atoms with Crippen LogP contribution in [0.15, 0.2) is 52.4 Å².